The number of carbonyl (C=O) groups is 2. The van der Waals surface area contributed by atoms with E-state index in [-0.39, 0.29) is 30.1 Å². The molecule has 3 rings (SSSR count). The molecule has 0 aromatic heterocycles. The summed E-state index contributed by atoms with van der Waals surface area (Å²) in [5, 5.41) is 3.16. The molecule has 1 amide bonds. The summed E-state index contributed by atoms with van der Waals surface area (Å²) in [4.78, 5) is 24.4. The van der Waals surface area contributed by atoms with E-state index in [9.17, 15) is 9.59 Å². The van der Waals surface area contributed by atoms with Crippen LogP contribution < -0.4 is 5.32 Å². The molecule has 1 saturated carbocycles. The van der Waals surface area contributed by atoms with Gasteiger partial charge in [-0.05, 0) is 24.8 Å². The first-order valence-corrected chi connectivity index (χ1v) is 8.14. The molecule has 1 N–H and O–H groups in total. The first-order chi connectivity index (χ1) is 11.2. The fourth-order valence-electron chi connectivity index (χ4n) is 3.10. The van der Waals surface area contributed by atoms with Crippen LogP contribution in [-0.4, -0.2) is 11.7 Å². The van der Waals surface area contributed by atoms with Gasteiger partial charge in [-0.15, -0.1) is 0 Å². The van der Waals surface area contributed by atoms with Gasteiger partial charge >= 0.3 is 0 Å². The number of carbonyl (C=O) groups excluding carboxylic acids is 2. The number of hydrogen-bond donors (Lipinski definition) is 1. The Hall–Kier alpha value is -2.42. The number of ketones is 1. The third kappa shape index (κ3) is 3.50. The molecule has 2 aromatic carbocycles. The fourth-order valence-corrected chi connectivity index (χ4v) is 3.10. The van der Waals surface area contributed by atoms with Crippen molar-refractivity contribution in [3.63, 3.8) is 0 Å². The Kier molecular flexibility index (Phi) is 4.56. The maximum Gasteiger partial charge on any atom is 0.221 e. The number of nitrogens with one attached hydrogen (secondary N) is 1. The van der Waals surface area contributed by atoms with E-state index in [1.54, 1.807) is 12.1 Å². The summed E-state index contributed by atoms with van der Waals surface area (Å²) >= 11 is 0. The second-order valence-electron chi connectivity index (χ2n) is 6.14. The molecule has 1 aliphatic rings. The summed E-state index contributed by atoms with van der Waals surface area (Å²) in [6.45, 7) is 0. The smallest absolute Gasteiger partial charge is 0.221 e. The van der Waals surface area contributed by atoms with Crippen LogP contribution in [-0.2, 0) is 10.3 Å². The Bertz CT molecular complexity index is 675. The highest BCUT2D eigenvalue weighted by molar-refractivity contribution is 5.97. The van der Waals surface area contributed by atoms with Crippen molar-refractivity contribution in [3.8, 4) is 0 Å². The number of amides is 1. The summed E-state index contributed by atoms with van der Waals surface area (Å²) < 4.78 is 0. The number of benzene rings is 2. The summed E-state index contributed by atoms with van der Waals surface area (Å²) in [6.07, 6.45) is 3.55. The second kappa shape index (κ2) is 6.78. The van der Waals surface area contributed by atoms with E-state index in [0.29, 0.717) is 5.56 Å². The minimum absolute atomic E-state index is 0.0168. The first-order valence-electron chi connectivity index (χ1n) is 8.14. The van der Waals surface area contributed by atoms with E-state index in [4.69, 9.17) is 0 Å². The topological polar surface area (TPSA) is 46.2 Å². The molecule has 23 heavy (non-hydrogen) atoms. The zero-order valence-corrected chi connectivity index (χ0v) is 13.1. The minimum Gasteiger partial charge on any atom is -0.347 e. The Labute approximate surface area is 136 Å². The Morgan fingerprint density at radius 1 is 0.870 bits per heavy atom. The van der Waals surface area contributed by atoms with Crippen LogP contribution in [0.5, 0.6) is 0 Å². The van der Waals surface area contributed by atoms with Crippen LogP contribution >= 0.6 is 0 Å². The van der Waals surface area contributed by atoms with E-state index in [0.717, 1.165) is 24.8 Å². The molecule has 0 aliphatic heterocycles. The normalized spacial score (nSPS) is 15.5. The molecule has 0 atom stereocenters. The molecule has 0 spiro atoms. The molecule has 3 nitrogen and oxygen atoms in total. The van der Waals surface area contributed by atoms with Gasteiger partial charge in [0.25, 0.3) is 0 Å². The monoisotopic (exact) mass is 307 g/mol. The number of Topliss-reactive ketones (excluding diaryl/α,β-unsaturated/α-hetero) is 1. The lowest BCUT2D eigenvalue weighted by atomic mass is 9.71. The van der Waals surface area contributed by atoms with Gasteiger partial charge in [-0.3, -0.25) is 9.59 Å². The molecular formula is C20H21NO2. The molecule has 0 radical (unpaired) electrons. The van der Waals surface area contributed by atoms with Gasteiger partial charge in [-0.25, -0.2) is 0 Å². The van der Waals surface area contributed by atoms with Crippen molar-refractivity contribution in [3.05, 3.63) is 71.8 Å². The molecule has 3 heteroatoms. The molecular weight excluding hydrogens is 286 g/mol. The van der Waals surface area contributed by atoms with E-state index in [2.05, 4.69) is 17.4 Å². The third-order valence-electron chi connectivity index (χ3n) is 4.59. The number of hydrogen-bond acceptors (Lipinski definition) is 2. The minimum atomic E-state index is -0.228. The molecule has 0 unspecified atom stereocenters. The lowest BCUT2D eigenvalue weighted by molar-refractivity contribution is -0.124. The van der Waals surface area contributed by atoms with Crippen LogP contribution in [0.4, 0.5) is 0 Å². The highest BCUT2D eigenvalue weighted by Gasteiger charge is 2.39. The predicted molar refractivity (Wildman–Crippen MR) is 90.1 cm³/mol. The van der Waals surface area contributed by atoms with E-state index >= 15 is 0 Å². The Balaban J connectivity index is 1.58. The molecule has 2 aromatic rings. The Morgan fingerprint density at radius 3 is 2.04 bits per heavy atom. The summed E-state index contributed by atoms with van der Waals surface area (Å²) in [6, 6.07) is 19.2. The van der Waals surface area contributed by atoms with Gasteiger partial charge in [0.2, 0.25) is 5.91 Å². The molecule has 118 valence electrons. The molecule has 0 heterocycles. The quantitative estimate of drug-likeness (QED) is 0.824. The highest BCUT2D eigenvalue weighted by atomic mass is 16.2. The summed E-state index contributed by atoms with van der Waals surface area (Å²) in [5.74, 6) is -0.0269. The van der Waals surface area contributed by atoms with Crippen molar-refractivity contribution >= 4 is 11.7 Å². The van der Waals surface area contributed by atoms with Crippen molar-refractivity contribution in [1.82, 2.24) is 5.32 Å². The Morgan fingerprint density at radius 2 is 1.48 bits per heavy atom. The molecule has 0 bridgehead atoms. The zero-order chi connectivity index (χ0) is 16.1. The SMILES string of the molecule is O=C(CCC(=O)c1ccccc1)NC1(c2ccccc2)CCC1. The zero-order valence-electron chi connectivity index (χ0n) is 13.1. The van der Waals surface area contributed by atoms with Crippen molar-refractivity contribution < 1.29 is 9.59 Å². The van der Waals surface area contributed by atoms with Crippen LogP contribution in [0.25, 0.3) is 0 Å². The lowest BCUT2D eigenvalue weighted by Gasteiger charge is -2.43. The lowest BCUT2D eigenvalue weighted by Crippen LogP contribution is -2.50. The van der Waals surface area contributed by atoms with Gasteiger partial charge in [0.15, 0.2) is 5.78 Å². The average Bonchev–Trinajstić information content (AvgIpc) is 2.57. The van der Waals surface area contributed by atoms with Crippen LogP contribution in [0.15, 0.2) is 60.7 Å². The average molecular weight is 307 g/mol. The predicted octanol–water partition coefficient (Wildman–Crippen LogP) is 3.85. The first kappa shape index (κ1) is 15.5. The van der Waals surface area contributed by atoms with Crippen LogP contribution in [0.1, 0.15) is 48.0 Å². The maximum atomic E-state index is 12.3. The van der Waals surface area contributed by atoms with Gasteiger partial charge in [0.1, 0.15) is 0 Å². The summed E-state index contributed by atoms with van der Waals surface area (Å²) in [7, 11) is 0. The van der Waals surface area contributed by atoms with Gasteiger partial charge < -0.3 is 5.32 Å². The van der Waals surface area contributed by atoms with Gasteiger partial charge in [0, 0.05) is 18.4 Å². The van der Waals surface area contributed by atoms with Gasteiger partial charge in [-0.1, -0.05) is 60.7 Å². The third-order valence-corrected chi connectivity index (χ3v) is 4.59. The van der Waals surface area contributed by atoms with Crippen LogP contribution in [0.3, 0.4) is 0 Å². The standard InChI is InChI=1S/C20H21NO2/c22-18(16-8-3-1-4-9-16)12-13-19(23)21-20(14-7-15-20)17-10-5-2-6-11-17/h1-6,8-11H,7,12-15H2,(H,21,23). The second-order valence-corrected chi connectivity index (χ2v) is 6.14. The van der Waals surface area contributed by atoms with Gasteiger partial charge in [0.05, 0.1) is 5.54 Å². The van der Waals surface area contributed by atoms with Crippen molar-refractivity contribution in [2.45, 2.75) is 37.6 Å². The molecule has 0 saturated heterocycles. The molecule has 1 fully saturated rings. The van der Waals surface area contributed by atoms with Crippen LogP contribution in [0.2, 0.25) is 0 Å². The number of rotatable bonds is 6. The van der Waals surface area contributed by atoms with E-state index in [1.165, 1.54) is 0 Å². The van der Waals surface area contributed by atoms with Gasteiger partial charge in [-0.2, -0.15) is 0 Å². The highest BCUT2D eigenvalue weighted by Crippen LogP contribution is 2.41. The maximum absolute atomic E-state index is 12.3. The van der Waals surface area contributed by atoms with Crippen molar-refractivity contribution in [1.29, 1.82) is 0 Å². The van der Waals surface area contributed by atoms with Crippen molar-refractivity contribution in [2.75, 3.05) is 0 Å². The summed E-state index contributed by atoms with van der Waals surface area (Å²) in [5.41, 5.74) is 1.60. The fraction of sp³-hybridized carbons (Fsp3) is 0.300. The van der Waals surface area contributed by atoms with E-state index < -0.39 is 0 Å². The van der Waals surface area contributed by atoms with Crippen LogP contribution in [0, 0.1) is 0 Å². The van der Waals surface area contributed by atoms with Crippen molar-refractivity contribution in [2.24, 2.45) is 0 Å². The molecule has 1 aliphatic carbocycles. The largest absolute Gasteiger partial charge is 0.347 e. The van der Waals surface area contributed by atoms with E-state index in [1.807, 2.05) is 36.4 Å².